The Morgan fingerprint density at radius 1 is 1.32 bits per heavy atom. The summed E-state index contributed by atoms with van der Waals surface area (Å²) < 4.78 is 1.06. The van der Waals surface area contributed by atoms with Gasteiger partial charge in [-0.05, 0) is 48.9 Å². The van der Waals surface area contributed by atoms with E-state index in [1.165, 1.54) is 17.8 Å². The van der Waals surface area contributed by atoms with Gasteiger partial charge in [0.2, 0.25) is 6.41 Å². The van der Waals surface area contributed by atoms with Crippen molar-refractivity contribution in [3.63, 3.8) is 0 Å². The van der Waals surface area contributed by atoms with Gasteiger partial charge in [0.25, 0.3) is 5.91 Å². The highest BCUT2D eigenvalue weighted by Gasteiger charge is 2.39. The molecule has 2 aliphatic heterocycles. The molecule has 114 valence electrons. The molecule has 2 bridgehead atoms. The summed E-state index contributed by atoms with van der Waals surface area (Å²) in [4.78, 5) is 23.0. The molecule has 2 fully saturated rings. The lowest BCUT2D eigenvalue weighted by Gasteiger charge is -2.21. The van der Waals surface area contributed by atoms with E-state index in [0.717, 1.165) is 27.9 Å². The molecule has 4 rings (SSSR count). The Hall–Kier alpha value is -1.92. The van der Waals surface area contributed by atoms with Gasteiger partial charge in [-0.3, -0.25) is 9.59 Å². The van der Waals surface area contributed by atoms with Crippen molar-refractivity contribution < 1.29 is 9.59 Å². The average Bonchev–Trinajstić information content (AvgIpc) is 3.20. The van der Waals surface area contributed by atoms with Crippen LogP contribution in [0.4, 0.5) is 5.00 Å². The van der Waals surface area contributed by atoms with Crippen LogP contribution in [0.5, 0.6) is 0 Å². The molecule has 1 aromatic carbocycles. The van der Waals surface area contributed by atoms with E-state index in [0.29, 0.717) is 24.1 Å². The fraction of sp³-hybridized carbons (Fsp3) is 0.375. The largest absolute Gasteiger partial charge is 0.348 e. The predicted octanol–water partition coefficient (Wildman–Crippen LogP) is 2.09. The molecule has 3 heterocycles. The molecule has 0 spiro atoms. The molecule has 2 aromatic rings. The highest BCUT2D eigenvalue weighted by molar-refractivity contribution is 7.22. The Balaban J connectivity index is 1.52. The van der Waals surface area contributed by atoms with Crippen molar-refractivity contribution in [2.24, 2.45) is 0 Å². The molecule has 22 heavy (non-hydrogen) atoms. The molecule has 0 aliphatic carbocycles. The molecule has 6 heteroatoms. The maximum Gasteiger partial charge on any atom is 0.251 e. The van der Waals surface area contributed by atoms with Crippen LogP contribution in [0.15, 0.2) is 24.3 Å². The average molecular weight is 315 g/mol. The Bertz CT molecular complexity index is 742. The Morgan fingerprint density at radius 3 is 2.95 bits per heavy atom. The minimum Gasteiger partial charge on any atom is -0.348 e. The number of hydrogen-bond acceptors (Lipinski definition) is 4. The van der Waals surface area contributed by atoms with Crippen LogP contribution in [0.25, 0.3) is 10.1 Å². The lowest BCUT2D eigenvalue weighted by molar-refractivity contribution is -0.105. The zero-order valence-corrected chi connectivity index (χ0v) is 12.8. The van der Waals surface area contributed by atoms with Gasteiger partial charge in [-0.1, -0.05) is 0 Å². The lowest BCUT2D eigenvalue weighted by atomic mass is 9.95. The van der Waals surface area contributed by atoms with Crippen LogP contribution >= 0.6 is 11.3 Å². The number of fused-ring (bicyclic) bond motifs is 3. The number of carbonyl (C=O) groups is 2. The first-order valence-corrected chi connectivity index (χ1v) is 8.35. The Labute approximate surface area is 132 Å². The zero-order valence-electron chi connectivity index (χ0n) is 12.0. The van der Waals surface area contributed by atoms with Crippen LogP contribution < -0.4 is 16.0 Å². The van der Waals surface area contributed by atoms with Crippen LogP contribution in [0.3, 0.4) is 0 Å². The standard InChI is InChI=1S/C16H17N3O2S/c20-8-17-15-6-10-5-9(1-4-14(10)22-15)16(21)19-13-7-11-2-3-12(13)18-11/h1,4-6,8,11-13,18H,2-3,7H2,(H,17,20)(H,19,21)/t11-,12+,13-/m1/s1. The van der Waals surface area contributed by atoms with E-state index < -0.39 is 0 Å². The van der Waals surface area contributed by atoms with Crippen molar-refractivity contribution in [1.29, 1.82) is 0 Å². The number of thiophene rings is 1. The number of hydrogen-bond donors (Lipinski definition) is 3. The molecule has 0 radical (unpaired) electrons. The first-order valence-electron chi connectivity index (χ1n) is 7.53. The number of nitrogens with one attached hydrogen (secondary N) is 3. The molecule has 1 aromatic heterocycles. The smallest absolute Gasteiger partial charge is 0.251 e. The van der Waals surface area contributed by atoms with Crippen molar-refractivity contribution in [2.45, 2.75) is 37.4 Å². The van der Waals surface area contributed by atoms with Gasteiger partial charge in [-0.25, -0.2) is 0 Å². The summed E-state index contributed by atoms with van der Waals surface area (Å²) in [5, 5.41) is 11.1. The van der Waals surface area contributed by atoms with Crippen molar-refractivity contribution in [3.05, 3.63) is 29.8 Å². The number of rotatable bonds is 4. The van der Waals surface area contributed by atoms with Gasteiger partial charge in [0, 0.05) is 28.4 Å². The van der Waals surface area contributed by atoms with Gasteiger partial charge in [0.05, 0.1) is 5.00 Å². The molecule has 0 saturated carbocycles. The summed E-state index contributed by atoms with van der Waals surface area (Å²) in [6.07, 6.45) is 4.08. The van der Waals surface area contributed by atoms with Crippen molar-refractivity contribution in [2.75, 3.05) is 5.32 Å². The second kappa shape index (κ2) is 5.37. The fourth-order valence-electron chi connectivity index (χ4n) is 3.55. The normalized spacial score (nSPS) is 26.3. The van der Waals surface area contributed by atoms with Gasteiger partial charge >= 0.3 is 0 Å². The van der Waals surface area contributed by atoms with E-state index >= 15 is 0 Å². The van der Waals surface area contributed by atoms with Gasteiger partial charge in [-0.2, -0.15) is 0 Å². The predicted molar refractivity (Wildman–Crippen MR) is 87.3 cm³/mol. The third kappa shape index (κ3) is 2.38. The van der Waals surface area contributed by atoms with E-state index in [1.54, 1.807) is 0 Å². The second-order valence-electron chi connectivity index (χ2n) is 5.99. The molecular weight excluding hydrogens is 298 g/mol. The molecule has 3 atom stereocenters. The minimum atomic E-state index is -0.0163. The topological polar surface area (TPSA) is 70.2 Å². The van der Waals surface area contributed by atoms with Gasteiger partial charge in [-0.15, -0.1) is 11.3 Å². The number of amides is 2. The molecule has 2 saturated heterocycles. The van der Waals surface area contributed by atoms with E-state index in [2.05, 4.69) is 16.0 Å². The maximum absolute atomic E-state index is 12.4. The van der Waals surface area contributed by atoms with E-state index in [1.807, 2.05) is 24.3 Å². The molecule has 2 amide bonds. The summed E-state index contributed by atoms with van der Waals surface area (Å²) in [6.45, 7) is 0. The summed E-state index contributed by atoms with van der Waals surface area (Å²) in [5.41, 5.74) is 0.672. The first kappa shape index (κ1) is 13.7. The van der Waals surface area contributed by atoms with Crippen molar-refractivity contribution in [3.8, 4) is 0 Å². The molecular formula is C16H17N3O2S. The zero-order chi connectivity index (χ0) is 15.1. The minimum absolute atomic E-state index is 0.0163. The maximum atomic E-state index is 12.4. The number of anilines is 1. The highest BCUT2D eigenvalue weighted by Crippen LogP contribution is 2.31. The SMILES string of the molecule is O=CNc1cc2cc(C(=O)N[C@@H]3C[C@H]4CC[C@@H]3N4)ccc2s1. The van der Waals surface area contributed by atoms with Crippen LogP contribution in [-0.2, 0) is 4.79 Å². The lowest BCUT2D eigenvalue weighted by Crippen LogP contribution is -2.42. The van der Waals surface area contributed by atoms with Crippen LogP contribution in [0.2, 0.25) is 0 Å². The van der Waals surface area contributed by atoms with Crippen molar-refractivity contribution in [1.82, 2.24) is 10.6 Å². The number of carbonyl (C=O) groups excluding carboxylic acids is 2. The van der Waals surface area contributed by atoms with E-state index in [4.69, 9.17) is 0 Å². The van der Waals surface area contributed by atoms with Gasteiger partial charge in [0.1, 0.15) is 0 Å². The number of benzene rings is 1. The molecule has 3 N–H and O–H groups in total. The third-order valence-electron chi connectivity index (χ3n) is 4.60. The molecule has 2 aliphatic rings. The van der Waals surface area contributed by atoms with Crippen molar-refractivity contribution >= 4 is 38.7 Å². The quantitative estimate of drug-likeness (QED) is 0.757. The molecule has 5 nitrogen and oxygen atoms in total. The van der Waals surface area contributed by atoms with Crippen LogP contribution in [-0.4, -0.2) is 30.4 Å². The Kier molecular flexibility index (Phi) is 3.35. The summed E-state index contributed by atoms with van der Waals surface area (Å²) >= 11 is 1.50. The van der Waals surface area contributed by atoms with E-state index in [-0.39, 0.29) is 11.9 Å². The Morgan fingerprint density at radius 2 is 2.23 bits per heavy atom. The second-order valence-corrected chi connectivity index (χ2v) is 7.07. The third-order valence-corrected chi connectivity index (χ3v) is 5.64. The fourth-order valence-corrected chi connectivity index (χ4v) is 4.45. The van der Waals surface area contributed by atoms with Crippen LogP contribution in [0.1, 0.15) is 29.6 Å². The van der Waals surface area contributed by atoms with Crippen LogP contribution in [0, 0.1) is 0 Å². The monoisotopic (exact) mass is 315 g/mol. The van der Waals surface area contributed by atoms with Gasteiger partial charge < -0.3 is 16.0 Å². The summed E-state index contributed by atoms with van der Waals surface area (Å²) in [7, 11) is 0. The highest BCUT2D eigenvalue weighted by atomic mass is 32.1. The van der Waals surface area contributed by atoms with Gasteiger partial charge in [0.15, 0.2) is 0 Å². The summed E-state index contributed by atoms with van der Waals surface area (Å²) in [6, 6.07) is 8.82. The molecule has 0 unspecified atom stereocenters. The summed E-state index contributed by atoms with van der Waals surface area (Å²) in [5.74, 6) is -0.0163. The van der Waals surface area contributed by atoms with E-state index in [9.17, 15) is 9.59 Å². The first-order chi connectivity index (χ1) is 10.7.